The van der Waals surface area contributed by atoms with Crippen molar-refractivity contribution in [3.8, 4) is 11.6 Å². The maximum Gasteiger partial charge on any atom is 0.252 e. The Morgan fingerprint density at radius 1 is 1.25 bits per heavy atom. The third kappa shape index (κ3) is 1.99. The van der Waals surface area contributed by atoms with Crippen LogP contribution in [0.4, 0.5) is 5.95 Å². The van der Waals surface area contributed by atoms with Crippen molar-refractivity contribution in [1.29, 1.82) is 0 Å². The number of primary amides is 1. The summed E-state index contributed by atoms with van der Waals surface area (Å²) in [7, 11) is 0. The number of nitrogen functional groups attached to an aromatic ring is 1. The molecule has 0 radical (unpaired) electrons. The molecule has 0 fully saturated rings. The van der Waals surface area contributed by atoms with Gasteiger partial charge in [0.25, 0.3) is 5.91 Å². The lowest BCUT2D eigenvalue weighted by Crippen LogP contribution is -2.12. The minimum atomic E-state index is -0.592. The van der Waals surface area contributed by atoms with Gasteiger partial charge >= 0.3 is 0 Å². The van der Waals surface area contributed by atoms with Crippen LogP contribution in [0.15, 0.2) is 30.5 Å². The van der Waals surface area contributed by atoms with Crippen LogP contribution in [0.2, 0.25) is 0 Å². The van der Waals surface area contributed by atoms with Crippen LogP contribution in [-0.2, 0) is 0 Å². The van der Waals surface area contributed by atoms with E-state index in [4.69, 9.17) is 16.2 Å². The largest absolute Gasteiger partial charge is 0.437 e. The lowest BCUT2D eigenvalue weighted by atomic mass is 10.2. The number of aromatic nitrogens is 4. The molecule has 8 nitrogen and oxygen atoms in total. The Morgan fingerprint density at radius 3 is 2.85 bits per heavy atom. The third-order valence-electron chi connectivity index (χ3n) is 2.65. The van der Waals surface area contributed by atoms with E-state index in [1.807, 2.05) is 0 Å². The highest BCUT2D eigenvalue weighted by Crippen LogP contribution is 2.28. The summed E-state index contributed by atoms with van der Waals surface area (Å²) >= 11 is 0. The zero-order valence-corrected chi connectivity index (χ0v) is 10.2. The molecule has 2 heterocycles. The molecule has 0 aliphatic carbocycles. The van der Waals surface area contributed by atoms with Crippen LogP contribution >= 0.6 is 0 Å². The van der Waals surface area contributed by atoms with Gasteiger partial charge in [0.05, 0.1) is 11.8 Å². The molecule has 1 aromatic carbocycles. The molecule has 100 valence electrons. The monoisotopic (exact) mass is 270 g/mol. The molecule has 20 heavy (non-hydrogen) atoms. The first-order chi connectivity index (χ1) is 9.65. The number of nitrogens with two attached hydrogens (primary N) is 2. The van der Waals surface area contributed by atoms with Crippen molar-refractivity contribution in [3.63, 3.8) is 0 Å². The van der Waals surface area contributed by atoms with Gasteiger partial charge in [-0.3, -0.25) is 9.89 Å². The number of amides is 1. The zero-order chi connectivity index (χ0) is 14.1. The number of hydrogen-bond donors (Lipinski definition) is 3. The number of H-pyrrole nitrogens is 1. The number of carbonyl (C=O) groups is 1. The lowest BCUT2D eigenvalue weighted by Gasteiger charge is -2.08. The summed E-state index contributed by atoms with van der Waals surface area (Å²) < 4.78 is 5.63. The van der Waals surface area contributed by atoms with Gasteiger partial charge in [-0.15, -0.1) is 0 Å². The topological polar surface area (TPSA) is 133 Å². The maximum atomic E-state index is 11.4. The van der Waals surface area contributed by atoms with Crippen molar-refractivity contribution in [2.24, 2.45) is 5.73 Å². The molecule has 3 rings (SSSR count). The molecule has 0 spiro atoms. The number of fused-ring (bicyclic) bond motifs is 1. The van der Waals surface area contributed by atoms with Crippen LogP contribution in [0.5, 0.6) is 11.6 Å². The standard InChI is InChI=1S/C12H10N6O2/c13-9(19)6-3-1-2-4-8(6)20-11-7-5-15-18-10(7)16-12(14)17-11/h1-5H,(H2,13,19)(H3,14,15,16,17,18). The second-order valence-electron chi connectivity index (χ2n) is 3.98. The zero-order valence-electron chi connectivity index (χ0n) is 10.2. The van der Waals surface area contributed by atoms with E-state index in [0.717, 1.165) is 0 Å². The number of para-hydroxylation sites is 1. The predicted molar refractivity (Wildman–Crippen MR) is 71.1 cm³/mol. The van der Waals surface area contributed by atoms with Crippen LogP contribution in [-0.4, -0.2) is 26.1 Å². The van der Waals surface area contributed by atoms with Crippen molar-refractivity contribution < 1.29 is 9.53 Å². The molecule has 3 aromatic rings. The number of hydrogen-bond acceptors (Lipinski definition) is 6. The summed E-state index contributed by atoms with van der Waals surface area (Å²) in [4.78, 5) is 19.3. The molecular weight excluding hydrogens is 260 g/mol. The second-order valence-corrected chi connectivity index (χ2v) is 3.98. The van der Waals surface area contributed by atoms with Crippen molar-refractivity contribution in [2.75, 3.05) is 5.73 Å². The Bertz CT molecular complexity index is 797. The fourth-order valence-electron chi connectivity index (χ4n) is 1.77. The Balaban J connectivity index is 2.10. The fraction of sp³-hybridized carbons (Fsp3) is 0. The molecule has 0 saturated carbocycles. The van der Waals surface area contributed by atoms with E-state index in [9.17, 15) is 4.79 Å². The molecule has 0 aliphatic heterocycles. The molecule has 1 amide bonds. The highest BCUT2D eigenvalue weighted by molar-refractivity contribution is 5.95. The van der Waals surface area contributed by atoms with Crippen LogP contribution < -0.4 is 16.2 Å². The molecule has 0 aliphatic rings. The number of aromatic amines is 1. The average Bonchev–Trinajstić information content (AvgIpc) is 2.87. The fourth-order valence-corrected chi connectivity index (χ4v) is 1.77. The quantitative estimate of drug-likeness (QED) is 0.645. The molecule has 8 heteroatoms. The highest BCUT2D eigenvalue weighted by Gasteiger charge is 2.14. The molecule has 0 unspecified atom stereocenters. The first-order valence-electron chi connectivity index (χ1n) is 5.68. The molecule has 0 bridgehead atoms. The molecular formula is C12H10N6O2. The summed E-state index contributed by atoms with van der Waals surface area (Å²) in [5.74, 6) is -0.0603. The number of benzene rings is 1. The number of nitrogens with zero attached hydrogens (tertiary/aromatic N) is 3. The van der Waals surface area contributed by atoms with Crippen LogP contribution in [0.25, 0.3) is 11.0 Å². The molecule has 2 aromatic heterocycles. The summed E-state index contributed by atoms with van der Waals surface area (Å²) in [6, 6.07) is 6.59. The predicted octanol–water partition coefficient (Wildman–Crippen LogP) is 0.826. The minimum absolute atomic E-state index is 0.0355. The number of anilines is 1. The number of carbonyl (C=O) groups excluding carboxylic acids is 1. The van der Waals surface area contributed by atoms with Crippen molar-refractivity contribution in [3.05, 3.63) is 36.0 Å². The van der Waals surface area contributed by atoms with Crippen molar-refractivity contribution in [1.82, 2.24) is 20.2 Å². The molecule has 0 saturated heterocycles. The van der Waals surface area contributed by atoms with Crippen molar-refractivity contribution >= 4 is 22.9 Å². The highest BCUT2D eigenvalue weighted by atomic mass is 16.5. The lowest BCUT2D eigenvalue weighted by molar-refractivity contribution is 0.0998. The Hall–Kier alpha value is -3.16. The van der Waals surface area contributed by atoms with Gasteiger partial charge in [0, 0.05) is 0 Å². The first-order valence-corrected chi connectivity index (χ1v) is 5.68. The van der Waals surface area contributed by atoms with Gasteiger partial charge in [-0.2, -0.15) is 15.1 Å². The Morgan fingerprint density at radius 2 is 2.05 bits per heavy atom. The Kier molecular flexibility index (Phi) is 2.68. The van der Waals surface area contributed by atoms with Gasteiger partial charge in [0.15, 0.2) is 5.65 Å². The smallest absolute Gasteiger partial charge is 0.252 e. The van der Waals surface area contributed by atoms with E-state index in [2.05, 4.69) is 20.2 Å². The van der Waals surface area contributed by atoms with Crippen LogP contribution in [0.3, 0.4) is 0 Å². The van der Waals surface area contributed by atoms with E-state index < -0.39 is 5.91 Å². The second kappa shape index (κ2) is 4.50. The van der Waals surface area contributed by atoms with Crippen LogP contribution in [0, 0.1) is 0 Å². The summed E-state index contributed by atoms with van der Waals surface area (Å²) in [6.07, 6.45) is 1.51. The maximum absolute atomic E-state index is 11.4. The van der Waals surface area contributed by atoms with Gasteiger partial charge in [-0.05, 0) is 12.1 Å². The van der Waals surface area contributed by atoms with Crippen LogP contribution in [0.1, 0.15) is 10.4 Å². The Labute approximate surface area is 112 Å². The summed E-state index contributed by atoms with van der Waals surface area (Å²) in [6.45, 7) is 0. The van der Waals surface area contributed by atoms with E-state index in [1.54, 1.807) is 24.3 Å². The normalized spacial score (nSPS) is 10.6. The van der Waals surface area contributed by atoms with Gasteiger partial charge in [0.1, 0.15) is 11.1 Å². The SMILES string of the molecule is NC(=O)c1ccccc1Oc1nc(N)nc2[nH]ncc12. The van der Waals surface area contributed by atoms with Gasteiger partial charge in [0.2, 0.25) is 11.8 Å². The summed E-state index contributed by atoms with van der Waals surface area (Å²) in [5.41, 5.74) is 11.6. The average molecular weight is 270 g/mol. The number of nitrogens with one attached hydrogen (secondary N) is 1. The van der Waals surface area contributed by atoms with E-state index in [1.165, 1.54) is 6.20 Å². The number of rotatable bonds is 3. The number of ether oxygens (including phenoxy) is 1. The van der Waals surface area contributed by atoms with Gasteiger partial charge in [-0.1, -0.05) is 12.1 Å². The first kappa shape index (κ1) is 11.9. The van der Waals surface area contributed by atoms with E-state index in [0.29, 0.717) is 16.8 Å². The van der Waals surface area contributed by atoms with Gasteiger partial charge < -0.3 is 16.2 Å². The van der Waals surface area contributed by atoms with E-state index >= 15 is 0 Å². The van der Waals surface area contributed by atoms with E-state index in [-0.39, 0.29) is 17.4 Å². The minimum Gasteiger partial charge on any atom is -0.437 e. The third-order valence-corrected chi connectivity index (χ3v) is 2.65. The molecule has 0 atom stereocenters. The van der Waals surface area contributed by atoms with Crippen molar-refractivity contribution in [2.45, 2.75) is 0 Å². The summed E-state index contributed by atoms with van der Waals surface area (Å²) in [5, 5.41) is 7.07. The van der Waals surface area contributed by atoms with Gasteiger partial charge in [-0.25, -0.2) is 0 Å². The molecule has 5 N–H and O–H groups in total.